The Hall–Kier alpha value is -1.66. The molecule has 5 nitrogen and oxygen atoms in total. The number of ether oxygens (including phenoxy) is 1. The summed E-state index contributed by atoms with van der Waals surface area (Å²) >= 11 is 5.31. The summed E-state index contributed by atoms with van der Waals surface area (Å²) in [5, 5.41) is 3.78. The molecule has 0 unspecified atom stereocenters. The Morgan fingerprint density at radius 3 is 2.83 bits per heavy atom. The van der Waals surface area contributed by atoms with Gasteiger partial charge in [-0.3, -0.25) is 15.6 Å². The van der Waals surface area contributed by atoms with Crippen molar-refractivity contribution < 1.29 is 9.53 Å². The van der Waals surface area contributed by atoms with E-state index in [1.165, 1.54) is 12.8 Å². The fourth-order valence-electron chi connectivity index (χ4n) is 3.14. The van der Waals surface area contributed by atoms with Crippen LogP contribution in [0.25, 0.3) is 0 Å². The Balaban J connectivity index is 1.82. The van der Waals surface area contributed by atoms with Crippen LogP contribution in [0.1, 0.15) is 49.0 Å². The summed E-state index contributed by atoms with van der Waals surface area (Å²) in [6.07, 6.45) is 3.60. The van der Waals surface area contributed by atoms with Gasteiger partial charge in [0, 0.05) is 18.7 Å². The molecular weight excluding hydrogens is 322 g/mol. The smallest absolute Gasteiger partial charge is 0.269 e. The van der Waals surface area contributed by atoms with E-state index < -0.39 is 0 Å². The van der Waals surface area contributed by atoms with Crippen LogP contribution in [-0.4, -0.2) is 24.2 Å². The Kier molecular flexibility index (Phi) is 6.99. The molecule has 0 saturated heterocycles. The highest BCUT2D eigenvalue weighted by atomic mass is 32.1. The average molecular weight is 350 g/mol. The van der Waals surface area contributed by atoms with Gasteiger partial charge in [-0.2, -0.15) is 0 Å². The fraction of sp³-hybridized carbons (Fsp3) is 0.556. The van der Waals surface area contributed by atoms with Crippen molar-refractivity contribution >= 4 is 23.2 Å². The first-order valence-corrected chi connectivity index (χ1v) is 8.86. The minimum atomic E-state index is -0.220. The molecule has 1 amide bonds. The van der Waals surface area contributed by atoms with Crippen LogP contribution in [-0.2, 0) is 11.3 Å². The molecule has 1 aliphatic rings. The van der Waals surface area contributed by atoms with Crippen molar-refractivity contribution in [3.63, 3.8) is 0 Å². The van der Waals surface area contributed by atoms with Crippen LogP contribution in [0, 0.1) is 11.8 Å². The third kappa shape index (κ3) is 5.18. The maximum Gasteiger partial charge on any atom is 0.269 e. The quantitative estimate of drug-likeness (QED) is 0.576. The van der Waals surface area contributed by atoms with Crippen molar-refractivity contribution in [1.29, 1.82) is 0 Å². The van der Waals surface area contributed by atoms with Gasteiger partial charge in [-0.15, -0.1) is 0 Å². The maximum absolute atomic E-state index is 12.2. The molecule has 1 aromatic carbocycles. The summed E-state index contributed by atoms with van der Waals surface area (Å²) in [6, 6.07) is 7.69. The predicted octanol–water partition coefficient (Wildman–Crippen LogP) is 2.77. The number of hydrogen-bond donors (Lipinski definition) is 3. The number of hydrogen-bond acceptors (Lipinski definition) is 3. The number of carbonyl (C=O) groups excluding carboxylic acids is 1. The Morgan fingerprint density at radius 2 is 2.08 bits per heavy atom. The average Bonchev–Trinajstić information content (AvgIpc) is 2.57. The summed E-state index contributed by atoms with van der Waals surface area (Å²) in [5.74, 6) is 1.04. The van der Waals surface area contributed by atoms with Gasteiger partial charge in [-0.25, -0.2) is 0 Å². The number of methoxy groups -OCH3 is 1. The third-order valence-electron chi connectivity index (χ3n) is 4.81. The highest BCUT2D eigenvalue weighted by molar-refractivity contribution is 7.80. The molecule has 0 bridgehead atoms. The van der Waals surface area contributed by atoms with Gasteiger partial charge in [0.2, 0.25) is 0 Å². The number of hydrazine groups is 1. The largest absolute Gasteiger partial charge is 0.380 e. The van der Waals surface area contributed by atoms with Gasteiger partial charge in [0.15, 0.2) is 5.11 Å². The highest BCUT2D eigenvalue weighted by Crippen LogP contribution is 2.29. The molecule has 132 valence electrons. The molecule has 1 saturated carbocycles. The van der Waals surface area contributed by atoms with E-state index in [4.69, 9.17) is 17.0 Å². The van der Waals surface area contributed by atoms with Gasteiger partial charge in [0.05, 0.1) is 6.61 Å². The van der Waals surface area contributed by atoms with Crippen LogP contribution in [0.4, 0.5) is 0 Å². The summed E-state index contributed by atoms with van der Waals surface area (Å²) in [6.45, 7) is 5.01. The van der Waals surface area contributed by atoms with Crippen LogP contribution < -0.4 is 16.2 Å². The lowest BCUT2D eigenvalue weighted by Gasteiger charge is -2.35. The molecule has 1 aromatic rings. The normalized spacial score (nSPS) is 23.4. The van der Waals surface area contributed by atoms with Crippen LogP contribution in [0.3, 0.4) is 0 Å². The van der Waals surface area contributed by atoms with Crippen LogP contribution in [0.15, 0.2) is 24.3 Å². The van der Waals surface area contributed by atoms with E-state index in [-0.39, 0.29) is 5.91 Å². The zero-order valence-corrected chi connectivity index (χ0v) is 15.4. The molecule has 0 aliphatic heterocycles. The number of nitrogens with one attached hydrogen (secondary N) is 3. The zero-order chi connectivity index (χ0) is 17.5. The summed E-state index contributed by atoms with van der Waals surface area (Å²) < 4.78 is 5.09. The van der Waals surface area contributed by atoms with Gasteiger partial charge in [-0.1, -0.05) is 38.8 Å². The number of amides is 1. The van der Waals surface area contributed by atoms with Crippen LogP contribution >= 0.6 is 12.2 Å². The van der Waals surface area contributed by atoms with Crippen molar-refractivity contribution in [2.75, 3.05) is 7.11 Å². The first-order chi connectivity index (χ1) is 11.5. The Labute approximate surface area is 149 Å². The van der Waals surface area contributed by atoms with Gasteiger partial charge < -0.3 is 10.1 Å². The lowest BCUT2D eigenvalue weighted by atomic mass is 9.78. The first-order valence-electron chi connectivity index (χ1n) is 8.46. The molecule has 3 N–H and O–H groups in total. The molecule has 0 aromatic heterocycles. The van der Waals surface area contributed by atoms with Crippen molar-refractivity contribution in [2.24, 2.45) is 11.8 Å². The molecule has 2 rings (SSSR count). The molecule has 1 fully saturated rings. The standard InChI is InChI=1S/C18H27N3O2S/c1-12-6-4-9-16(13(12)2)19-18(24)21-20-17(22)15-8-5-7-14(10-15)11-23-3/h5,7-8,10,12-13,16H,4,6,9,11H2,1-3H3,(H,20,22)(H2,19,21,24)/t12-,13-,16+/m1/s1. The van der Waals surface area contributed by atoms with Gasteiger partial charge in [0.1, 0.15) is 0 Å². The van der Waals surface area contributed by atoms with Crippen LogP contribution in [0.5, 0.6) is 0 Å². The van der Waals surface area contributed by atoms with Crippen molar-refractivity contribution in [3.8, 4) is 0 Å². The molecule has 6 heteroatoms. The topological polar surface area (TPSA) is 62.4 Å². The van der Waals surface area contributed by atoms with Crippen molar-refractivity contribution in [2.45, 2.75) is 45.8 Å². The second-order valence-corrected chi connectivity index (χ2v) is 6.97. The summed E-state index contributed by atoms with van der Waals surface area (Å²) in [7, 11) is 1.63. The van der Waals surface area contributed by atoms with E-state index in [1.54, 1.807) is 13.2 Å². The van der Waals surface area contributed by atoms with Gasteiger partial charge in [0.25, 0.3) is 5.91 Å². The van der Waals surface area contributed by atoms with Gasteiger partial charge in [-0.05, 0) is 48.2 Å². The molecule has 1 aliphatic carbocycles. The van der Waals surface area contributed by atoms with E-state index in [0.29, 0.717) is 35.2 Å². The van der Waals surface area contributed by atoms with E-state index in [1.807, 2.05) is 18.2 Å². The lowest BCUT2D eigenvalue weighted by Crippen LogP contribution is -2.52. The highest BCUT2D eigenvalue weighted by Gasteiger charge is 2.27. The second kappa shape index (κ2) is 8.99. The molecule has 3 atom stereocenters. The van der Waals surface area contributed by atoms with E-state index >= 15 is 0 Å². The fourth-order valence-corrected chi connectivity index (χ4v) is 3.35. The Morgan fingerprint density at radius 1 is 1.29 bits per heavy atom. The maximum atomic E-state index is 12.2. The predicted molar refractivity (Wildman–Crippen MR) is 99.5 cm³/mol. The van der Waals surface area contributed by atoms with Crippen molar-refractivity contribution in [1.82, 2.24) is 16.2 Å². The second-order valence-electron chi connectivity index (χ2n) is 6.56. The van der Waals surface area contributed by atoms with Crippen LogP contribution in [0.2, 0.25) is 0 Å². The van der Waals surface area contributed by atoms with Gasteiger partial charge >= 0.3 is 0 Å². The minimum Gasteiger partial charge on any atom is -0.380 e. The molecule has 0 spiro atoms. The van der Waals surface area contributed by atoms with E-state index in [9.17, 15) is 4.79 Å². The molecule has 24 heavy (non-hydrogen) atoms. The monoisotopic (exact) mass is 349 g/mol. The molecular formula is C18H27N3O2S. The zero-order valence-electron chi connectivity index (χ0n) is 14.6. The SMILES string of the molecule is COCc1cccc(C(=O)NNC(=S)N[C@H]2CCC[C@@H](C)[C@H]2C)c1. The number of benzene rings is 1. The lowest BCUT2D eigenvalue weighted by molar-refractivity contribution is 0.0943. The molecule has 0 radical (unpaired) electrons. The summed E-state index contributed by atoms with van der Waals surface area (Å²) in [4.78, 5) is 12.2. The minimum absolute atomic E-state index is 0.220. The van der Waals surface area contributed by atoms with E-state index in [2.05, 4.69) is 30.0 Å². The number of carbonyl (C=O) groups is 1. The summed E-state index contributed by atoms with van der Waals surface area (Å²) in [5.41, 5.74) is 6.98. The Bertz CT molecular complexity index is 579. The number of rotatable bonds is 4. The van der Waals surface area contributed by atoms with Crippen molar-refractivity contribution in [3.05, 3.63) is 35.4 Å². The van der Waals surface area contributed by atoms with E-state index in [0.717, 1.165) is 12.0 Å². The number of thiocarbonyl (C=S) groups is 1. The third-order valence-corrected chi connectivity index (χ3v) is 5.03. The first kappa shape index (κ1) is 18.7. The molecule has 0 heterocycles.